The van der Waals surface area contributed by atoms with Gasteiger partial charge in [-0.3, -0.25) is 4.57 Å². The van der Waals surface area contributed by atoms with Crippen LogP contribution in [-0.4, -0.2) is 20.2 Å². The molecule has 1 aliphatic carbocycles. The molecule has 0 bridgehead atoms. The largest absolute Gasteiger partial charge is 0.378 e. The average Bonchev–Trinajstić information content (AvgIpc) is 2.88. The Hall–Kier alpha value is -2.62. The third kappa shape index (κ3) is 6.27. The highest BCUT2D eigenvalue weighted by molar-refractivity contribution is 7.67. The first-order valence-corrected chi connectivity index (χ1v) is 15.0. The van der Waals surface area contributed by atoms with Gasteiger partial charge < -0.3 is 14.7 Å². The molecule has 1 saturated carbocycles. The van der Waals surface area contributed by atoms with Crippen LogP contribution in [0.4, 0.5) is 15.8 Å². The number of para-hydroxylation sites is 1. The molecule has 4 rings (SSSR count). The molecular weight excluding hydrogens is 482 g/mol. The van der Waals surface area contributed by atoms with E-state index in [4.69, 9.17) is 4.52 Å². The molecule has 1 fully saturated rings. The van der Waals surface area contributed by atoms with E-state index in [0.717, 1.165) is 30.6 Å². The van der Waals surface area contributed by atoms with Crippen molar-refractivity contribution in [3.05, 3.63) is 90.2 Å². The second kappa shape index (κ2) is 11.8. The number of hydrogen-bond donors (Lipinski definition) is 1. The molecule has 0 spiro atoms. The van der Waals surface area contributed by atoms with E-state index in [9.17, 15) is 0 Å². The lowest BCUT2D eigenvalue weighted by Crippen LogP contribution is -2.36. The summed E-state index contributed by atoms with van der Waals surface area (Å²) in [5.41, 5.74) is 2.11. The molecule has 0 aliphatic heterocycles. The van der Waals surface area contributed by atoms with E-state index in [0.29, 0.717) is 28.6 Å². The molecule has 198 valence electrons. The van der Waals surface area contributed by atoms with Gasteiger partial charge in [0.05, 0.1) is 6.10 Å². The number of halogens is 1. The monoisotopic (exact) mass is 522 g/mol. The molecule has 0 heterocycles. The van der Waals surface area contributed by atoms with E-state index >= 15 is 8.96 Å². The van der Waals surface area contributed by atoms with Crippen molar-refractivity contribution in [2.75, 3.05) is 24.3 Å². The second-order valence-electron chi connectivity index (χ2n) is 10.9. The van der Waals surface area contributed by atoms with E-state index in [2.05, 4.69) is 26.1 Å². The summed E-state index contributed by atoms with van der Waals surface area (Å²) in [4.78, 5) is 2.00. The first kappa shape index (κ1) is 27.4. The van der Waals surface area contributed by atoms with Gasteiger partial charge in [0.15, 0.2) is 0 Å². The minimum Gasteiger partial charge on any atom is -0.378 e. The standard InChI is InChI=1S/C31H40FN2O2P/c1-22(2)27-20-15-23(3)21-30(27)36-37(35,26-18-16-25(17-19-26)34(4)5)31(28-13-9-10-14-29(28)32)33-24-11-7-6-8-12-24/h6-14,16-19,22-23,27,30-31,33H,15,20-21H2,1-5H3. The van der Waals surface area contributed by atoms with Crippen molar-refractivity contribution in [1.29, 1.82) is 0 Å². The Morgan fingerprint density at radius 1 is 0.946 bits per heavy atom. The van der Waals surface area contributed by atoms with Crippen LogP contribution in [0.2, 0.25) is 0 Å². The Labute approximate surface area is 221 Å². The minimum atomic E-state index is -3.69. The fraction of sp³-hybridized carbons (Fsp3) is 0.419. The van der Waals surface area contributed by atoms with Crippen molar-refractivity contribution in [1.82, 2.24) is 0 Å². The predicted octanol–water partition coefficient (Wildman–Crippen LogP) is 8.08. The average molecular weight is 523 g/mol. The fourth-order valence-electron chi connectivity index (χ4n) is 5.40. The van der Waals surface area contributed by atoms with Gasteiger partial charge in [-0.1, -0.05) is 63.6 Å². The molecule has 3 aromatic carbocycles. The lowest BCUT2D eigenvalue weighted by molar-refractivity contribution is 0.0488. The Kier molecular flexibility index (Phi) is 8.77. The molecule has 0 radical (unpaired) electrons. The number of anilines is 2. The van der Waals surface area contributed by atoms with E-state index in [1.165, 1.54) is 6.07 Å². The molecule has 4 nitrogen and oxygen atoms in total. The normalized spacial score (nSPS) is 22.3. The Morgan fingerprint density at radius 2 is 1.59 bits per heavy atom. The van der Waals surface area contributed by atoms with Gasteiger partial charge in [0, 0.05) is 36.3 Å². The Bertz CT molecular complexity index is 1200. The van der Waals surface area contributed by atoms with Gasteiger partial charge in [0.25, 0.3) is 7.37 Å². The highest BCUT2D eigenvalue weighted by Gasteiger charge is 2.44. The van der Waals surface area contributed by atoms with E-state index in [1.54, 1.807) is 18.2 Å². The highest BCUT2D eigenvalue weighted by atomic mass is 31.2. The predicted molar refractivity (Wildman–Crippen MR) is 153 cm³/mol. The van der Waals surface area contributed by atoms with Crippen LogP contribution in [0.3, 0.4) is 0 Å². The quantitative estimate of drug-likeness (QED) is 0.289. The molecule has 3 aromatic rings. The van der Waals surface area contributed by atoms with Crippen molar-refractivity contribution in [3.63, 3.8) is 0 Å². The third-order valence-electron chi connectivity index (χ3n) is 7.60. The van der Waals surface area contributed by atoms with Crippen molar-refractivity contribution in [3.8, 4) is 0 Å². The maximum Gasteiger partial charge on any atom is 0.258 e. The lowest BCUT2D eigenvalue weighted by atomic mass is 9.75. The summed E-state index contributed by atoms with van der Waals surface area (Å²) in [7, 11) is 0.258. The second-order valence-corrected chi connectivity index (χ2v) is 13.3. The van der Waals surface area contributed by atoms with Crippen molar-refractivity contribution in [2.45, 2.75) is 51.9 Å². The SMILES string of the molecule is CC1CCC(C(C)C)C(OP(=O)(c2ccc(N(C)C)cc2)C(Nc2ccccc2)c2ccccc2F)C1. The topological polar surface area (TPSA) is 41.6 Å². The summed E-state index contributed by atoms with van der Waals surface area (Å²) in [5, 5.41) is 4.01. The molecule has 6 heteroatoms. The zero-order chi connectivity index (χ0) is 26.6. The maximum absolute atomic E-state index is 15.4. The molecular formula is C31H40FN2O2P. The van der Waals surface area contributed by atoms with Gasteiger partial charge >= 0.3 is 0 Å². The number of benzene rings is 3. The van der Waals surface area contributed by atoms with E-state index in [1.807, 2.05) is 73.6 Å². The van der Waals surface area contributed by atoms with Crippen molar-refractivity contribution >= 4 is 24.0 Å². The minimum absolute atomic E-state index is 0.171. The van der Waals surface area contributed by atoms with Gasteiger partial charge in [-0.15, -0.1) is 0 Å². The molecule has 0 amide bonds. The molecule has 1 aliphatic rings. The molecule has 1 N–H and O–H groups in total. The van der Waals surface area contributed by atoms with E-state index < -0.39 is 19.0 Å². The van der Waals surface area contributed by atoms with Gasteiger partial charge in [0.1, 0.15) is 11.6 Å². The van der Waals surface area contributed by atoms with Gasteiger partial charge in [-0.25, -0.2) is 4.39 Å². The van der Waals surface area contributed by atoms with Gasteiger partial charge in [0.2, 0.25) is 0 Å². The Morgan fingerprint density at radius 3 is 2.22 bits per heavy atom. The molecule has 5 unspecified atom stereocenters. The number of rotatable bonds is 9. The number of hydrogen-bond acceptors (Lipinski definition) is 4. The van der Waals surface area contributed by atoms with Gasteiger partial charge in [-0.2, -0.15) is 0 Å². The fourth-order valence-corrected chi connectivity index (χ4v) is 8.05. The lowest BCUT2D eigenvalue weighted by Gasteiger charge is -2.41. The van der Waals surface area contributed by atoms with Crippen molar-refractivity contribution < 1.29 is 13.5 Å². The summed E-state index contributed by atoms with van der Waals surface area (Å²) in [6, 6.07) is 23.8. The number of nitrogens with one attached hydrogen (secondary N) is 1. The van der Waals surface area contributed by atoms with Crippen LogP contribution in [0.5, 0.6) is 0 Å². The summed E-state index contributed by atoms with van der Waals surface area (Å²) in [6.07, 6.45) is 2.86. The molecule has 0 aromatic heterocycles. The van der Waals surface area contributed by atoms with Crippen LogP contribution in [0, 0.1) is 23.6 Å². The maximum atomic E-state index is 15.4. The smallest absolute Gasteiger partial charge is 0.258 e. The molecule has 0 saturated heterocycles. The van der Waals surface area contributed by atoms with E-state index in [-0.39, 0.29) is 6.10 Å². The first-order chi connectivity index (χ1) is 17.7. The van der Waals surface area contributed by atoms with Crippen molar-refractivity contribution in [2.24, 2.45) is 17.8 Å². The van der Waals surface area contributed by atoms with Gasteiger partial charge in [-0.05, 0) is 73.1 Å². The van der Waals surface area contributed by atoms with Crippen LogP contribution in [0.25, 0.3) is 0 Å². The third-order valence-corrected chi connectivity index (χ3v) is 10.3. The summed E-state index contributed by atoms with van der Waals surface area (Å²) in [5.74, 6) is -0.105. The van der Waals surface area contributed by atoms with Crippen LogP contribution >= 0.6 is 7.37 Å². The molecule has 5 atom stereocenters. The summed E-state index contributed by atoms with van der Waals surface area (Å²) < 4.78 is 37.7. The zero-order valence-electron chi connectivity index (χ0n) is 22.6. The summed E-state index contributed by atoms with van der Waals surface area (Å²) >= 11 is 0. The van der Waals surface area contributed by atoms with Crippen LogP contribution in [-0.2, 0) is 9.09 Å². The van der Waals surface area contributed by atoms with Crippen LogP contribution in [0.15, 0.2) is 78.9 Å². The number of nitrogens with zero attached hydrogens (tertiary/aromatic N) is 1. The van der Waals surface area contributed by atoms with Crippen LogP contribution in [0.1, 0.15) is 51.4 Å². The zero-order valence-corrected chi connectivity index (χ0v) is 23.5. The molecule has 37 heavy (non-hydrogen) atoms. The highest BCUT2D eigenvalue weighted by Crippen LogP contribution is 2.62. The Balaban J connectivity index is 1.86. The van der Waals surface area contributed by atoms with Crippen LogP contribution < -0.4 is 15.5 Å². The summed E-state index contributed by atoms with van der Waals surface area (Å²) in [6.45, 7) is 6.66. The first-order valence-electron chi connectivity index (χ1n) is 13.3.